The van der Waals surface area contributed by atoms with Crippen LogP contribution in [0.1, 0.15) is 38.8 Å². The Kier molecular flexibility index (Phi) is 5.20. The van der Waals surface area contributed by atoms with Gasteiger partial charge >= 0.3 is 6.18 Å². The lowest BCUT2D eigenvalue weighted by Gasteiger charge is -2.29. The molecule has 0 aliphatic rings. The predicted molar refractivity (Wildman–Crippen MR) is 67.3 cm³/mol. The van der Waals surface area contributed by atoms with Gasteiger partial charge in [-0.1, -0.05) is 51.1 Å². The Balaban J connectivity index is 2.94. The number of hydrogen-bond donors (Lipinski definition) is 1. The predicted octanol–water partition coefficient (Wildman–Crippen LogP) is 4.31. The topological polar surface area (TPSA) is 12.0 Å². The van der Waals surface area contributed by atoms with Crippen LogP contribution < -0.4 is 5.32 Å². The SMILES string of the molecule is CCC(NC(c1ccccc1)C(F)(F)F)C(C)C. The molecule has 1 aromatic carbocycles. The Labute approximate surface area is 106 Å². The molecule has 1 nitrogen and oxygen atoms in total. The van der Waals surface area contributed by atoms with E-state index >= 15 is 0 Å². The third-order valence-electron chi connectivity index (χ3n) is 3.09. The second kappa shape index (κ2) is 6.23. The molecule has 0 bridgehead atoms. The molecule has 0 fully saturated rings. The van der Waals surface area contributed by atoms with E-state index in [0.29, 0.717) is 6.42 Å². The van der Waals surface area contributed by atoms with Crippen LogP contribution >= 0.6 is 0 Å². The van der Waals surface area contributed by atoms with Crippen LogP contribution in [0.25, 0.3) is 0 Å². The van der Waals surface area contributed by atoms with E-state index in [1.165, 1.54) is 12.1 Å². The van der Waals surface area contributed by atoms with E-state index in [4.69, 9.17) is 0 Å². The average molecular weight is 259 g/mol. The molecule has 0 saturated heterocycles. The largest absolute Gasteiger partial charge is 0.407 e. The highest BCUT2D eigenvalue weighted by Crippen LogP contribution is 2.33. The first-order chi connectivity index (χ1) is 8.36. The van der Waals surface area contributed by atoms with E-state index in [1.807, 2.05) is 20.8 Å². The molecule has 0 radical (unpaired) electrons. The molecule has 2 unspecified atom stereocenters. The Morgan fingerprint density at radius 1 is 1.11 bits per heavy atom. The van der Waals surface area contributed by atoms with E-state index in [1.54, 1.807) is 18.2 Å². The maximum Gasteiger partial charge on any atom is 0.407 e. The molecule has 4 heteroatoms. The number of hydrogen-bond acceptors (Lipinski definition) is 1. The minimum atomic E-state index is -4.27. The fourth-order valence-corrected chi connectivity index (χ4v) is 2.02. The maximum absolute atomic E-state index is 13.1. The van der Waals surface area contributed by atoms with Gasteiger partial charge in [0.05, 0.1) is 0 Å². The van der Waals surface area contributed by atoms with Gasteiger partial charge in [-0.3, -0.25) is 5.32 Å². The monoisotopic (exact) mass is 259 g/mol. The molecule has 0 aliphatic heterocycles. The van der Waals surface area contributed by atoms with E-state index in [2.05, 4.69) is 5.32 Å². The summed E-state index contributed by atoms with van der Waals surface area (Å²) in [6.45, 7) is 5.76. The Hall–Kier alpha value is -1.03. The molecule has 0 spiro atoms. The summed E-state index contributed by atoms with van der Waals surface area (Å²) >= 11 is 0. The highest BCUT2D eigenvalue weighted by molar-refractivity contribution is 5.20. The second-order valence-corrected chi connectivity index (χ2v) is 4.81. The summed E-state index contributed by atoms with van der Waals surface area (Å²) in [6, 6.07) is 6.27. The van der Waals surface area contributed by atoms with E-state index in [9.17, 15) is 13.2 Å². The number of halogens is 3. The van der Waals surface area contributed by atoms with Gasteiger partial charge in [0.1, 0.15) is 6.04 Å². The van der Waals surface area contributed by atoms with Gasteiger partial charge in [-0.15, -0.1) is 0 Å². The zero-order chi connectivity index (χ0) is 13.8. The molecule has 0 amide bonds. The lowest BCUT2D eigenvalue weighted by Crippen LogP contribution is -2.42. The van der Waals surface area contributed by atoms with Crippen molar-refractivity contribution in [1.29, 1.82) is 0 Å². The molecular formula is C14H20F3N. The third-order valence-corrected chi connectivity index (χ3v) is 3.09. The summed E-state index contributed by atoms with van der Waals surface area (Å²) in [7, 11) is 0. The number of alkyl halides is 3. The quantitative estimate of drug-likeness (QED) is 0.830. The van der Waals surface area contributed by atoms with Crippen LogP contribution in [0.4, 0.5) is 13.2 Å². The normalized spacial score (nSPS) is 15.7. The molecule has 102 valence electrons. The molecule has 1 N–H and O–H groups in total. The van der Waals surface area contributed by atoms with Gasteiger partial charge in [0.25, 0.3) is 0 Å². The van der Waals surface area contributed by atoms with Crippen molar-refractivity contribution >= 4 is 0 Å². The van der Waals surface area contributed by atoms with Gasteiger partial charge in [-0.2, -0.15) is 13.2 Å². The van der Waals surface area contributed by atoms with Crippen molar-refractivity contribution in [2.45, 2.75) is 45.5 Å². The molecular weight excluding hydrogens is 239 g/mol. The Morgan fingerprint density at radius 2 is 1.67 bits per heavy atom. The minimum Gasteiger partial charge on any atom is -0.299 e. The van der Waals surface area contributed by atoms with Gasteiger partial charge in [0, 0.05) is 6.04 Å². The zero-order valence-corrected chi connectivity index (χ0v) is 11.0. The number of nitrogens with one attached hydrogen (secondary N) is 1. The average Bonchev–Trinajstić information content (AvgIpc) is 2.29. The first kappa shape index (κ1) is 15.0. The van der Waals surface area contributed by atoms with Gasteiger partial charge in [0.2, 0.25) is 0 Å². The van der Waals surface area contributed by atoms with E-state index < -0.39 is 12.2 Å². The molecule has 2 atom stereocenters. The Bertz CT molecular complexity index is 346. The zero-order valence-electron chi connectivity index (χ0n) is 11.0. The van der Waals surface area contributed by atoms with Gasteiger partial charge in [-0.25, -0.2) is 0 Å². The molecule has 1 aromatic rings. The summed E-state index contributed by atoms with van der Waals surface area (Å²) < 4.78 is 39.3. The van der Waals surface area contributed by atoms with Crippen molar-refractivity contribution < 1.29 is 13.2 Å². The van der Waals surface area contributed by atoms with Crippen LogP contribution in [0.5, 0.6) is 0 Å². The van der Waals surface area contributed by atoms with Gasteiger partial charge < -0.3 is 0 Å². The third kappa shape index (κ3) is 4.02. The molecule has 1 rings (SSSR count). The van der Waals surface area contributed by atoms with E-state index in [0.717, 1.165) is 0 Å². The molecule has 0 aliphatic carbocycles. The van der Waals surface area contributed by atoms with Crippen LogP contribution in [0.15, 0.2) is 30.3 Å². The van der Waals surface area contributed by atoms with Crippen LogP contribution in [-0.4, -0.2) is 12.2 Å². The van der Waals surface area contributed by atoms with Crippen molar-refractivity contribution in [1.82, 2.24) is 5.32 Å². The fraction of sp³-hybridized carbons (Fsp3) is 0.571. The first-order valence-electron chi connectivity index (χ1n) is 6.24. The van der Waals surface area contributed by atoms with Crippen LogP contribution in [0.2, 0.25) is 0 Å². The summed E-state index contributed by atoms with van der Waals surface area (Å²) in [4.78, 5) is 0. The summed E-state index contributed by atoms with van der Waals surface area (Å²) in [5.74, 6) is 0.170. The highest BCUT2D eigenvalue weighted by atomic mass is 19.4. The van der Waals surface area contributed by atoms with Crippen molar-refractivity contribution in [2.24, 2.45) is 5.92 Å². The molecule has 0 saturated carbocycles. The molecule has 0 aromatic heterocycles. The van der Waals surface area contributed by atoms with Crippen molar-refractivity contribution in [2.75, 3.05) is 0 Å². The minimum absolute atomic E-state index is 0.142. The smallest absolute Gasteiger partial charge is 0.299 e. The maximum atomic E-state index is 13.1. The highest BCUT2D eigenvalue weighted by Gasteiger charge is 2.41. The summed E-state index contributed by atoms with van der Waals surface area (Å²) in [5, 5.41) is 2.73. The van der Waals surface area contributed by atoms with Crippen LogP contribution in [-0.2, 0) is 0 Å². The van der Waals surface area contributed by atoms with Crippen molar-refractivity contribution in [3.63, 3.8) is 0 Å². The van der Waals surface area contributed by atoms with Gasteiger partial charge in [-0.05, 0) is 17.9 Å². The Morgan fingerprint density at radius 3 is 2.06 bits per heavy atom. The number of rotatable bonds is 5. The first-order valence-corrected chi connectivity index (χ1v) is 6.24. The molecule has 18 heavy (non-hydrogen) atoms. The van der Waals surface area contributed by atoms with Crippen molar-refractivity contribution in [3.05, 3.63) is 35.9 Å². The molecule has 0 heterocycles. The second-order valence-electron chi connectivity index (χ2n) is 4.81. The lowest BCUT2D eigenvalue weighted by atomic mass is 9.98. The van der Waals surface area contributed by atoms with Gasteiger partial charge in [0.15, 0.2) is 0 Å². The standard InChI is InChI=1S/C14H20F3N/c1-4-12(10(2)3)18-13(14(15,16)17)11-8-6-5-7-9-11/h5-10,12-13,18H,4H2,1-3H3. The van der Waals surface area contributed by atoms with Crippen molar-refractivity contribution in [3.8, 4) is 0 Å². The van der Waals surface area contributed by atoms with Crippen LogP contribution in [0.3, 0.4) is 0 Å². The summed E-state index contributed by atoms with van der Waals surface area (Å²) in [6.07, 6.45) is -3.60. The van der Waals surface area contributed by atoms with Crippen LogP contribution in [0, 0.1) is 5.92 Å². The lowest BCUT2D eigenvalue weighted by molar-refractivity contribution is -0.160. The van der Waals surface area contributed by atoms with E-state index in [-0.39, 0.29) is 17.5 Å². The fourth-order valence-electron chi connectivity index (χ4n) is 2.02. The summed E-state index contributed by atoms with van der Waals surface area (Å²) in [5.41, 5.74) is 0.268. The number of benzene rings is 1.